The second-order valence-electron chi connectivity index (χ2n) is 2.53. The topological polar surface area (TPSA) is 43.4 Å². The van der Waals surface area contributed by atoms with Gasteiger partial charge in [0, 0.05) is 0 Å². The van der Waals surface area contributed by atoms with Crippen LogP contribution in [0, 0.1) is 6.92 Å². The number of benzene rings is 1. The highest BCUT2D eigenvalue weighted by Gasteiger charge is 2.12. The van der Waals surface area contributed by atoms with Crippen molar-refractivity contribution in [3.8, 4) is 0 Å². The summed E-state index contributed by atoms with van der Waals surface area (Å²) in [4.78, 5) is 0.146. The molecular formula is C9H10O3S. The summed E-state index contributed by atoms with van der Waals surface area (Å²) in [7, 11) is -3.65. The van der Waals surface area contributed by atoms with Gasteiger partial charge in [0.05, 0.1) is 6.26 Å². The van der Waals surface area contributed by atoms with E-state index in [1.54, 1.807) is 12.1 Å². The summed E-state index contributed by atoms with van der Waals surface area (Å²) < 4.78 is 27.0. The van der Waals surface area contributed by atoms with Gasteiger partial charge < -0.3 is 4.18 Å². The summed E-state index contributed by atoms with van der Waals surface area (Å²) in [6.45, 7) is 5.00. The molecule has 0 fully saturated rings. The predicted molar refractivity (Wildman–Crippen MR) is 49.6 cm³/mol. The van der Waals surface area contributed by atoms with Crippen molar-refractivity contribution in [1.82, 2.24) is 0 Å². The standard InChI is InChI=1S/C9H10O3S/c1-3-12-13(10,11)9-6-4-5-8(2)7-9/h3-7H,1H2,2H3. The van der Waals surface area contributed by atoms with Crippen molar-refractivity contribution in [3.63, 3.8) is 0 Å². The highest BCUT2D eigenvalue weighted by Crippen LogP contribution is 2.13. The van der Waals surface area contributed by atoms with E-state index in [2.05, 4.69) is 10.8 Å². The average molecular weight is 198 g/mol. The summed E-state index contributed by atoms with van der Waals surface area (Å²) in [5.41, 5.74) is 0.869. The van der Waals surface area contributed by atoms with Gasteiger partial charge in [0.1, 0.15) is 4.90 Å². The molecule has 0 aliphatic heterocycles. The zero-order chi connectivity index (χ0) is 9.90. The van der Waals surface area contributed by atoms with Gasteiger partial charge in [-0.1, -0.05) is 18.7 Å². The monoisotopic (exact) mass is 198 g/mol. The van der Waals surface area contributed by atoms with Crippen molar-refractivity contribution in [1.29, 1.82) is 0 Å². The number of rotatable bonds is 3. The molecule has 0 unspecified atom stereocenters. The first kappa shape index (κ1) is 9.80. The maximum absolute atomic E-state index is 11.3. The van der Waals surface area contributed by atoms with Gasteiger partial charge in [0.25, 0.3) is 0 Å². The van der Waals surface area contributed by atoms with Crippen molar-refractivity contribution in [2.45, 2.75) is 11.8 Å². The second kappa shape index (κ2) is 3.62. The lowest BCUT2D eigenvalue weighted by Crippen LogP contribution is -2.01. The molecule has 0 radical (unpaired) electrons. The first-order valence-corrected chi connectivity index (χ1v) is 5.08. The Labute approximate surface area is 77.8 Å². The van der Waals surface area contributed by atoms with Gasteiger partial charge in [-0.3, -0.25) is 0 Å². The van der Waals surface area contributed by atoms with Crippen LogP contribution in [0.4, 0.5) is 0 Å². The summed E-state index contributed by atoms with van der Waals surface area (Å²) in [6, 6.07) is 6.49. The lowest BCUT2D eigenvalue weighted by Gasteiger charge is -2.02. The van der Waals surface area contributed by atoms with Gasteiger partial charge in [0.2, 0.25) is 0 Å². The zero-order valence-electron chi connectivity index (χ0n) is 7.23. The molecule has 0 aliphatic carbocycles. The molecule has 0 saturated carbocycles. The van der Waals surface area contributed by atoms with Crippen LogP contribution >= 0.6 is 0 Å². The van der Waals surface area contributed by atoms with Crippen molar-refractivity contribution in [3.05, 3.63) is 42.7 Å². The third kappa shape index (κ3) is 2.32. The fraction of sp³-hybridized carbons (Fsp3) is 0.111. The summed E-state index contributed by atoms with van der Waals surface area (Å²) >= 11 is 0. The van der Waals surface area contributed by atoms with Crippen LogP contribution in [0.1, 0.15) is 5.56 Å². The first-order chi connectivity index (χ1) is 6.06. The van der Waals surface area contributed by atoms with E-state index >= 15 is 0 Å². The third-order valence-corrected chi connectivity index (χ3v) is 2.69. The SMILES string of the molecule is C=COS(=O)(=O)c1cccc(C)c1. The maximum Gasteiger partial charge on any atom is 0.338 e. The molecule has 0 atom stereocenters. The third-order valence-electron chi connectivity index (χ3n) is 1.47. The van der Waals surface area contributed by atoms with Crippen molar-refractivity contribution in [2.75, 3.05) is 0 Å². The Morgan fingerprint density at radius 2 is 2.15 bits per heavy atom. The Bertz CT molecular complexity index is 407. The molecule has 0 aliphatic rings. The Hall–Kier alpha value is -1.29. The minimum absolute atomic E-state index is 0.146. The highest BCUT2D eigenvalue weighted by molar-refractivity contribution is 7.86. The molecule has 13 heavy (non-hydrogen) atoms. The number of hydrogen-bond acceptors (Lipinski definition) is 3. The van der Waals surface area contributed by atoms with Crippen LogP contribution in [0.3, 0.4) is 0 Å². The van der Waals surface area contributed by atoms with E-state index in [1.165, 1.54) is 6.07 Å². The van der Waals surface area contributed by atoms with Gasteiger partial charge >= 0.3 is 10.1 Å². The summed E-state index contributed by atoms with van der Waals surface area (Å²) in [5.74, 6) is 0. The molecule has 3 nitrogen and oxygen atoms in total. The maximum atomic E-state index is 11.3. The number of aryl methyl sites for hydroxylation is 1. The molecule has 0 aromatic heterocycles. The average Bonchev–Trinajstić information content (AvgIpc) is 2.04. The zero-order valence-corrected chi connectivity index (χ0v) is 8.04. The summed E-state index contributed by atoms with van der Waals surface area (Å²) in [6.07, 6.45) is 0.900. The molecule has 1 aromatic rings. The molecule has 0 bridgehead atoms. The molecule has 4 heteroatoms. The van der Waals surface area contributed by atoms with E-state index in [1.807, 2.05) is 13.0 Å². The van der Waals surface area contributed by atoms with Crippen molar-refractivity contribution >= 4 is 10.1 Å². The van der Waals surface area contributed by atoms with Gasteiger partial charge in [-0.2, -0.15) is 8.42 Å². The van der Waals surface area contributed by atoms with Gasteiger partial charge in [-0.15, -0.1) is 0 Å². The van der Waals surface area contributed by atoms with Gasteiger partial charge in [-0.05, 0) is 24.6 Å². The number of hydrogen-bond donors (Lipinski definition) is 0. The minimum atomic E-state index is -3.65. The fourth-order valence-corrected chi connectivity index (χ4v) is 1.78. The lowest BCUT2D eigenvalue weighted by atomic mass is 10.2. The molecule has 0 spiro atoms. The van der Waals surface area contributed by atoms with Crippen molar-refractivity contribution < 1.29 is 12.6 Å². The quantitative estimate of drug-likeness (QED) is 0.550. The van der Waals surface area contributed by atoms with Crippen LogP contribution in [-0.4, -0.2) is 8.42 Å². The van der Waals surface area contributed by atoms with Crippen molar-refractivity contribution in [2.24, 2.45) is 0 Å². The van der Waals surface area contributed by atoms with E-state index in [4.69, 9.17) is 0 Å². The largest absolute Gasteiger partial charge is 0.388 e. The van der Waals surface area contributed by atoms with Gasteiger partial charge in [-0.25, -0.2) is 0 Å². The predicted octanol–water partition coefficient (Wildman–Crippen LogP) is 1.84. The lowest BCUT2D eigenvalue weighted by molar-refractivity contribution is 0.444. The molecule has 70 valence electrons. The molecule has 0 N–H and O–H groups in total. The summed E-state index contributed by atoms with van der Waals surface area (Å²) in [5, 5.41) is 0. The molecule has 1 rings (SSSR count). The van der Waals surface area contributed by atoms with E-state index in [0.717, 1.165) is 11.8 Å². The Balaban J connectivity index is 3.15. The van der Waals surface area contributed by atoms with Crippen LogP contribution in [0.15, 0.2) is 42.0 Å². The van der Waals surface area contributed by atoms with E-state index < -0.39 is 10.1 Å². The fourth-order valence-electron chi connectivity index (χ4n) is 0.916. The van der Waals surface area contributed by atoms with Crippen LogP contribution in [-0.2, 0) is 14.3 Å². The first-order valence-electron chi connectivity index (χ1n) is 3.67. The van der Waals surface area contributed by atoms with Crippen LogP contribution in [0.25, 0.3) is 0 Å². The molecule has 0 saturated heterocycles. The Morgan fingerprint density at radius 3 is 2.69 bits per heavy atom. The Kier molecular flexibility index (Phi) is 2.72. The molecule has 0 heterocycles. The van der Waals surface area contributed by atoms with Gasteiger partial charge in [0.15, 0.2) is 0 Å². The van der Waals surface area contributed by atoms with E-state index in [-0.39, 0.29) is 4.90 Å². The molecule has 0 amide bonds. The van der Waals surface area contributed by atoms with E-state index in [9.17, 15) is 8.42 Å². The van der Waals surface area contributed by atoms with Crippen LogP contribution in [0.2, 0.25) is 0 Å². The van der Waals surface area contributed by atoms with Crippen LogP contribution < -0.4 is 0 Å². The second-order valence-corrected chi connectivity index (χ2v) is 4.11. The minimum Gasteiger partial charge on any atom is -0.388 e. The molecule has 1 aromatic carbocycles. The Morgan fingerprint density at radius 1 is 1.46 bits per heavy atom. The molecular weight excluding hydrogens is 188 g/mol. The smallest absolute Gasteiger partial charge is 0.338 e. The normalized spacial score (nSPS) is 10.8. The van der Waals surface area contributed by atoms with Crippen LogP contribution in [0.5, 0.6) is 0 Å². The highest BCUT2D eigenvalue weighted by atomic mass is 32.2. The van der Waals surface area contributed by atoms with E-state index in [0.29, 0.717) is 0 Å².